The number of alkyl carbamates (subject to hydrolysis) is 1. The van der Waals surface area contributed by atoms with Crippen LogP contribution in [0.3, 0.4) is 0 Å². The van der Waals surface area contributed by atoms with Crippen molar-refractivity contribution in [3.8, 4) is 0 Å². The van der Waals surface area contributed by atoms with Crippen LogP contribution in [0.2, 0.25) is 0 Å². The Morgan fingerprint density at radius 3 is 2.48 bits per heavy atom. The van der Waals surface area contributed by atoms with E-state index in [4.69, 9.17) is 9.47 Å². The lowest BCUT2D eigenvalue weighted by atomic mass is 10.1. The second-order valence-corrected chi connectivity index (χ2v) is 9.34. The number of hydrogen-bond acceptors (Lipinski definition) is 4. The first-order chi connectivity index (χ1) is 13.2. The van der Waals surface area contributed by atoms with E-state index in [0.29, 0.717) is 12.5 Å². The van der Waals surface area contributed by atoms with Crippen LogP contribution in [-0.2, 0) is 20.9 Å². The first-order valence-corrected chi connectivity index (χ1v) is 10.5. The van der Waals surface area contributed by atoms with Crippen molar-refractivity contribution in [2.24, 2.45) is 0 Å². The summed E-state index contributed by atoms with van der Waals surface area (Å²) in [5.41, 5.74) is -0.294. The van der Waals surface area contributed by atoms with Crippen LogP contribution >= 0.6 is 10.2 Å². The number of cyclic esters (lactones) is 1. The average molecular weight is 448 g/mol. The van der Waals surface area contributed by atoms with Gasteiger partial charge < -0.3 is 19.7 Å². The van der Waals surface area contributed by atoms with Crippen LogP contribution in [0.25, 0.3) is 0 Å². The largest absolute Gasteiger partial charge is 0.447 e. The molecule has 0 aromatic heterocycles. The van der Waals surface area contributed by atoms with Gasteiger partial charge in [-0.1, -0.05) is 25.5 Å². The summed E-state index contributed by atoms with van der Waals surface area (Å²) in [6.07, 6.45) is -0.370. The summed E-state index contributed by atoms with van der Waals surface area (Å²) in [4.78, 5) is 22.1. The molecule has 29 heavy (non-hydrogen) atoms. The number of rotatable bonds is 7. The highest BCUT2D eigenvalue weighted by Gasteiger charge is 2.65. The van der Waals surface area contributed by atoms with Crippen molar-refractivity contribution in [1.29, 1.82) is 0 Å². The molecule has 0 saturated carbocycles. The third kappa shape index (κ3) is 5.47. The molecule has 1 aromatic rings. The number of benzene rings is 1. The molecule has 13 heteroatoms. The van der Waals surface area contributed by atoms with E-state index < -0.39 is 39.7 Å². The van der Waals surface area contributed by atoms with Crippen LogP contribution in [-0.4, -0.2) is 48.7 Å². The second kappa shape index (κ2) is 6.69. The van der Waals surface area contributed by atoms with Crippen LogP contribution < -0.4 is 5.32 Å². The van der Waals surface area contributed by atoms with Crippen molar-refractivity contribution in [3.05, 3.63) is 29.6 Å². The SMILES string of the molecule is O=C1N[C@H](CCC(=O)N2CC(OCc3ccc(S(F)(F)(F)(F)F)cc3F)C2)CO1. The second-order valence-electron chi connectivity index (χ2n) is 6.93. The summed E-state index contributed by atoms with van der Waals surface area (Å²) >= 11 is 0. The summed E-state index contributed by atoms with van der Waals surface area (Å²) in [6, 6.07) is 0.285. The van der Waals surface area contributed by atoms with Crippen molar-refractivity contribution in [3.63, 3.8) is 0 Å². The molecule has 1 N–H and O–H groups in total. The molecule has 2 aliphatic rings. The molecular formula is C16H18F6N2O4S. The van der Waals surface area contributed by atoms with Crippen LogP contribution in [0.1, 0.15) is 18.4 Å². The Morgan fingerprint density at radius 1 is 1.24 bits per heavy atom. The Balaban J connectivity index is 1.43. The van der Waals surface area contributed by atoms with Gasteiger partial charge in [-0.3, -0.25) is 4.79 Å². The lowest BCUT2D eigenvalue weighted by Gasteiger charge is -2.40. The third-order valence-electron chi connectivity index (χ3n) is 4.59. The Hall–Kier alpha value is -2.15. The van der Waals surface area contributed by atoms with Gasteiger partial charge in [-0.2, -0.15) is 0 Å². The molecule has 1 aromatic carbocycles. The number of hydrogen-bond donors (Lipinski definition) is 1. The summed E-state index contributed by atoms with van der Waals surface area (Å²) in [6.45, 7) is 0.226. The number of likely N-dealkylation sites (tertiary alicyclic amines) is 1. The molecule has 0 spiro atoms. The van der Waals surface area contributed by atoms with Gasteiger partial charge in [0.2, 0.25) is 5.91 Å². The third-order valence-corrected chi connectivity index (χ3v) is 5.73. The molecular weight excluding hydrogens is 430 g/mol. The van der Waals surface area contributed by atoms with Gasteiger partial charge >= 0.3 is 16.3 Å². The van der Waals surface area contributed by atoms with E-state index in [2.05, 4.69) is 5.32 Å². The van der Waals surface area contributed by atoms with E-state index in [-0.39, 0.29) is 55.8 Å². The zero-order valence-electron chi connectivity index (χ0n) is 14.9. The number of carbonyl (C=O) groups excluding carboxylic acids is 2. The number of ether oxygens (including phenoxy) is 2. The van der Waals surface area contributed by atoms with E-state index in [1.807, 2.05) is 0 Å². The van der Waals surface area contributed by atoms with Crippen molar-refractivity contribution in [1.82, 2.24) is 10.2 Å². The molecule has 2 aliphatic heterocycles. The number of nitrogens with one attached hydrogen (secondary N) is 1. The lowest BCUT2D eigenvalue weighted by molar-refractivity contribution is -0.146. The van der Waals surface area contributed by atoms with Crippen molar-refractivity contribution in [2.45, 2.75) is 36.5 Å². The van der Waals surface area contributed by atoms with E-state index in [1.54, 1.807) is 0 Å². The Bertz CT molecular complexity index is 829. The summed E-state index contributed by atoms with van der Waals surface area (Å²) in [5.74, 6) is -1.61. The zero-order chi connectivity index (χ0) is 21.5. The highest BCUT2D eigenvalue weighted by molar-refractivity contribution is 8.45. The number of halogens is 6. The van der Waals surface area contributed by atoms with E-state index in [9.17, 15) is 33.4 Å². The summed E-state index contributed by atoms with van der Waals surface area (Å²) < 4.78 is 87.2. The van der Waals surface area contributed by atoms with Gasteiger partial charge in [0.25, 0.3) is 0 Å². The van der Waals surface area contributed by atoms with E-state index in [1.165, 1.54) is 4.90 Å². The Labute approximate surface area is 161 Å². The predicted octanol–water partition coefficient (Wildman–Crippen LogP) is 4.10. The van der Waals surface area contributed by atoms with Crippen LogP contribution in [0, 0.1) is 5.82 Å². The fourth-order valence-corrected chi connectivity index (χ4v) is 3.53. The molecule has 0 radical (unpaired) electrons. The monoisotopic (exact) mass is 448 g/mol. The average Bonchev–Trinajstić information content (AvgIpc) is 2.96. The molecule has 2 heterocycles. The molecule has 6 nitrogen and oxygen atoms in total. The molecule has 2 fully saturated rings. The standard InChI is InChI=1S/C16H18F6N2O4S/c17-14-5-13(29(18,19,20,21)22)3-1-10(14)8-27-12-6-24(7-12)15(25)4-2-11-9-28-16(26)23-11/h1,3,5,11-12H,2,4,6-9H2,(H,23,26)/t11-/m1/s1. The smallest absolute Gasteiger partial charge is 0.407 e. The van der Waals surface area contributed by atoms with Gasteiger partial charge in [-0.05, 0) is 18.6 Å². The Kier molecular flexibility index (Phi) is 4.97. The van der Waals surface area contributed by atoms with Crippen LogP contribution in [0.5, 0.6) is 0 Å². The number of amides is 2. The zero-order valence-corrected chi connectivity index (χ0v) is 15.7. The molecule has 0 unspecified atom stereocenters. The highest BCUT2D eigenvalue weighted by Crippen LogP contribution is 3.02. The molecule has 1 atom stereocenters. The van der Waals surface area contributed by atoms with Crippen LogP contribution in [0.15, 0.2) is 23.1 Å². The van der Waals surface area contributed by atoms with Crippen molar-refractivity contribution >= 4 is 22.2 Å². The lowest BCUT2D eigenvalue weighted by Crippen LogP contribution is -2.54. The first kappa shape index (κ1) is 21.6. The minimum Gasteiger partial charge on any atom is -0.447 e. The normalized spacial score (nSPS) is 22.3. The van der Waals surface area contributed by atoms with Crippen molar-refractivity contribution < 1.29 is 42.9 Å². The molecule has 0 bridgehead atoms. The number of nitrogens with zero attached hydrogens (tertiary/aromatic N) is 1. The van der Waals surface area contributed by atoms with Gasteiger partial charge in [0, 0.05) is 25.1 Å². The maximum atomic E-state index is 13.8. The first-order valence-electron chi connectivity index (χ1n) is 8.56. The molecule has 3 rings (SSSR count). The fourth-order valence-electron chi connectivity index (χ4n) is 2.88. The van der Waals surface area contributed by atoms with Crippen molar-refractivity contribution in [2.75, 3.05) is 19.7 Å². The molecule has 2 saturated heterocycles. The molecule has 2 amide bonds. The van der Waals surface area contributed by atoms with Gasteiger partial charge in [-0.25, -0.2) is 9.18 Å². The maximum Gasteiger partial charge on any atom is 0.407 e. The van der Waals surface area contributed by atoms with Gasteiger partial charge in [0.1, 0.15) is 17.3 Å². The molecule has 164 valence electrons. The molecule has 0 aliphatic carbocycles. The maximum absolute atomic E-state index is 13.8. The fraction of sp³-hybridized carbons (Fsp3) is 0.500. The predicted molar refractivity (Wildman–Crippen MR) is 90.5 cm³/mol. The summed E-state index contributed by atoms with van der Waals surface area (Å²) in [5, 5.41) is 2.55. The Morgan fingerprint density at radius 2 is 1.93 bits per heavy atom. The minimum atomic E-state index is -9.94. The topological polar surface area (TPSA) is 67.9 Å². The quantitative estimate of drug-likeness (QED) is 0.638. The number of carbonyl (C=O) groups is 2. The summed E-state index contributed by atoms with van der Waals surface area (Å²) in [7, 11) is -9.94. The van der Waals surface area contributed by atoms with E-state index in [0.717, 1.165) is 0 Å². The van der Waals surface area contributed by atoms with Gasteiger partial charge in [0.05, 0.1) is 18.8 Å². The highest BCUT2D eigenvalue weighted by atomic mass is 32.5. The van der Waals surface area contributed by atoms with Crippen LogP contribution in [0.4, 0.5) is 28.6 Å². The minimum absolute atomic E-state index is 0.130. The van der Waals surface area contributed by atoms with Gasteiger partial charge in [0.15, 0.2) is 0 Å². The van der Waals surface area contributed by atoms with Gasteiger partial charge in [-0.15, -0.1) is 0 Å². The van der Waals surface area contributed by atoms with E-state index >= 15 is 0 Å².